The fraction of sp³-hybridized carbons (Fsp3) is 0.0833. The van der Waals surface area contributed by atoms with Crippen LogP contribution in [0, 0.1) is 5.82 Å². The summed E-state index contributed by atoms with van der Waals surface area (Å²) < 4.78 is 76.9. The second kappa shape index (κ2) is 5.60. The number of sulfonamides is 1. The van der Waals surface area contributed by atoms with E-state index < -0.39 is 32.1 Å². The molecule has 128 valence electrons. The number of rotatable bonds is 3. The number of H-pyrrole nitrogens is 1. The van der Waals surface area contributed by atoms with Gasteiger partial charge in [-0.3, -0.25) is 4.72 Å². The number of alkyl halides is 3. The van der Waals surface area contributed by atoms with Crippen molar-refractivity contribution in [3.8, 4) is 0 Å². The van der Waals surface area contributed by atoms with E-state index in [1.807, 2.05) is 4.72 Å². The first-order chi connectivity index (χ1) is 11.1. The zero-order chi connectivity index (χ0) is 17.7. The van der Waals surface area contributed by atoms with Gasteiger partial charge < -0.3 is 4.98 Å². The van der Waals surface area contributed by atoms with Crippen LogP contribution in [-0.2, 0) is 16.2 Å². The van der Waals surface area contributed by atoms with Crippen molar-refractivity contribution >= 4 is 49.6 Å². The highest BCUT2D eigenvalue weighted by atomic mass is 35.5. The van der Waals surface area contributed by atoms with Crippen LogP contribution in [0.5, 0.6) is 0 Å². The fourth-order valence-electron chi connectivity index (χ4n) is 1.94. The molecule has 24 heavy (non-hydrogen) atoms. The van der Waals surface area contributed by atoms with Gasteiger partial charge in [-0.25, -0.2) is 9.37 Å². The van der Waals surface area contributed by atoms with Gasteiger partial charge in [0.1, 0.15) is 5.82 Å². The molecule has 0 amide bonds. The number of nitrogens with zero attached hydrogens (tertiary/aromatic N) is 1. The van der Waals surface area contributed by atoms with E-state index in [9.17, 15) is 26.0 Å². The molecule has 12 heteroatoms. The monoisotopic (exact) mass is 399 g/mol. The third kappa shape index (κ3) is 3.06. The summed E-state index contributed by atoms with van der Waals surface area (Å²) in [5.41, 5.74) is -1.32. The SMILES string of the molecule is O=S(=O)(Nc1cc(F)cc2c(Cl)c[nH]c12)c1nc(C(F)(F)F)cs1. The van der Waals surface area contributed by atoms with Crippen LogP contribution >= 0.6 is 22.9 Å². The Labute approximate surface area is 141 Å². The average Bonchev–Trinajstić information content (AvgIpc) is 3.06. The smallest absolute Gasteiger partial charge is 0.358 e. The number of hydrogen-bond acceptors (Lipinski definition) is 4. The van der Waals surface area contributed by atoms with Crippen molar-refractivity contribution in [3.05, 3.63) is 40.2 Å². The highest BCUT2D eigenvalue weighted by molar-refractivity contribution is 7.94. The molecule has 0 fully saturated rings. The molecular formula is C12H6ClF4N3O2S2. The number of aromatic amines is 1. The van der Waals surface area contributed by atoms with Crippen molar-refractivity contribution < 1.29 is 26.0 Å². The van der Waals surface area contributed by atoms with Crippen LogP contribution in [0.1, 0.15) is 5.69 Å². The molecule has 0 aliphatic heterocycles. The zero-order valence-electron chi connectivity index (χ0n) is 11.3. The molecule has 2 aromatic heterocycles. The van der Waals surface area contributed by atoms with Crippen LogP contribution in [0.4, 0.5) is 23.2 Å². The lowest BCUT2D eigenvalue weighted by molar-refractivity contribution is -0.141. The van der Waals surface area contributed by atoms with Crippen LogP contribution in [0.2, 0.25) is 5.02 Å². The maximum absolute atomic E-state index is 13.6. The summed E-state index contributed by atoms with van der Waals surface area (Å²) in [5.74, 6) is -0.767. The summed E-state index contributed by atoms with van der Waals surface area (Å²) in [7, 11) is -4.42. The lowest BCUT2D eigenvalue weighted by Gasteiger charge is -2.07. The Balaban J connectivity index is 2.03. The molecule has 0 saturated carbocycles. The maximum atomic E-state index is 13.6. The molecule has 0 radical (unpaired) electrons. The van der Waals surface area contributed by atoms with Gasteiger partial charge in [-0.15, -0.1) is 11.3 Å². The first-order valence-electron chi connectivity index (χ1n) is 6.09. The van der Waals surface area contributed by atoms with Crippen LogP contribution in [-0.4, -0.2) is 18.4 Å². The first-order valence-corrected chi connectivity index (χ1v) is 8.84. The number of halogens is 5. The van der Waals surface area contributed by atoms with Gasteiger partial charge in [0.25, 0.3) is 10.0 Å². The Bertz CT molecular complexity index is 1030. The predicted molar refractivity (Wildman–Crippen MR) is 81.2 cm³/mol. The average molecular weight is 400 g/mol. The number of nitrogens with one attached hydrogen (secondary N) is 2. The van der Waals surface area contributed by atoms with E-state index in [2.05, 4.69) is 9.97 Å². The van der Waals surface area contributed by atoms with Gasteiger partial charge in [0.2, 0.25) is 4.34 Å². The van der Waals surface area contributed by atoms with Crippen molar-refractivity contribution in [2.24, 2.45) is 0 Å². The second-order valence-corrected chi connectivity index (χ2v) is 7.74. The molecule has 5 nitrogen and oxygen atoms in total. The van der Waals surface area contributed by atoms with Gasteiger partial charge in [-0.2, -0.15) is 21.6 Å². The Hall–Kier alpha value is -1.85. The molecule has 3 aromatic rings. The second-order valence-electron chi connectivity index (χ2n) is 4.61. The van der Waals surface area contributed by atoms with Crippen LogP contribution < -0.4 is 4.72 Å². The van der Waals surface area contributed by atoms with E-state index >= 15 is 0 Å². The molecule has 2 N–H and O–H groups in total. The Morgan fingerprint density at radius 2 is 2.00 bits per heavy atom. The van der Waals surface area contributed by atoms with E-state index in [-0.39, 0.29) is 21.6 Å². The minimum Gasteiger partial charge on any atom is -0.358 e. The fourth-order valence-corrected chi connectivity index (χ4v) is 4.23. The molecule has 0 spiro atoms. The third-order valence-electron chi connectivity index (χ3n) is 2.95. The van der Waals surface area contributed by atoms with Gasteiger partial charge in [0.15, 0.2) is 5.69 Å². The lowest BCUT2D eigenvalue weighted by atomic mass is 10.2. The predicted octanol–water partition coefficient (Wildman–Crippen LogP) is 4.24. The van der Waals surface area contributed by atoms with Crippen molar-refractivity contribution in [1.82, 2.24) is 9.97 Å². The lowest BCUT2D eigenvalue weighted by Crippen LogP contribution is -2.14. The highest BCUT2D eigenvalue weighted by Gasteiger charge is 2.35. The van der Waals surface area contributed by atoms with Gasteiger partial charge in [-0.1, -0.05) is 11.6 Å². The number of anilines is 1. The topological polar surface area (TPSA) is 74.8 Å². The molecule has 0 atom stereocenters. The molecule has 0 bridgehead atoms. The minimum absolute atomic E-state index is 0.165. The minimum atomic E-state index is -4.76. The first kappa shape index (κ1) is 17.0. The molecule has 3 rings (SSSR count). The molecule has 1 aromatic carbocycles. The molecule has 2 heterocycles. The third-order valence-corrected chi connectivity index (χ3v) is 5.88. The summed E-state index contributed by atoms with van der Waals surface area (Å²) >= 11 is 6.15. The number of thiazole rings is 1. The van der Waals surface area contributed by atoms with E-state index in [0.29, 0.717) is 16.7 Å². The van der Waals surface area contributed by atoms with Crippen LogP contribution in [0.15, 0.2) is 28.0 Å². The zero-order valence-corrected chi connectivity index (χ0v) is 13.7. The van der Waals surface area contributed by atoms with Crippen LogP contribution in [0.3, 0.4) is 0 Å². The molecule has 0 saturated heterocycles. The molecule has 0 aliphatic carbocycles. The number of fused-ring (bicyclic) bond motifs is 1. The molecular weight excluding hydrogens is 394 g/mol. The van der Waals surface area contributed by atoms with Gasteiger partial charge in [0, 0.05) is 23.0 Å². The van der Waals surface area contributed by atoms with Crippen molar-refractivity contribution in [2.45, 2.75) is 10.5 Å². The van der Waals surface area contributed by atoms with Gasteiger partial charge >= 0.3 is 6.18 Å². The summed E-state index contributed by atoms with van der Waals surface area (Å²) in [6, 6.07) is 1.97. The van der Waals surface area contributed by atoms with Crippen molar-refractivity contribution in [1.29, 1.82) is 0 Å². The Morgan fingerprint density at radius 1 is 1.29 bits per heavy atom. The Morgan fingerprint density at radius 3 is 2.62 bits per heavy atom. The highest BCUT2D eigenvalue weighted by Crippen LogP contribution is 2.34. The normalized spacial score (nSPS) is 12.7. The standard InChI is InChI=1S/C12H6ClF4N3O2S2/c13-7-3-18-10-6(7)1-5(14)2-8(10)20-24(21,22)11-19-9(4-23-11)12(15,16)17/h1-4,18,20H. The summed E-state index contributed by atoms with van der Waals surface area (Å²) in [4.78, 5) is 5.73. The number of hydrogen-bond donors (Lipinski definition) is 2. The number of aromatic nitrogens is 2. The van der Waals surface area contributed by atoms with E-state index in [4.69, 9.17) is 11.6 Å². The van der Waals surface area contributed by atoms with Gasteiger partial charge in [-0.05, 0) is 6.07 Å². The Kier molecular flexibility index (Phi) is 3.97. The van der Waals surface area contributed by atoms with E-state index in [1.165, 1.54) is 6.20 Å². The molecule has 0 aliphatic rings. The molecule has 0 unspecified atom stereocenters. The summed E-state index contributed by atoms with van der Waals surface area (Å²) in [6.07, 6.45) is -3.43. The largest absolute Gasteiger partial charge is 0.434 e. The van der Waals surface area contributed by atoms with Crippen LogP contribution in [0.25, 0.3) is 10.9 Å². The number of benzene rings is 1. The van der Waals surface area contributed by atoms with E-state index in [0.717, 1.165) is 12.1 Å². The summed E-state index contributed by atoms with van der Waals surface area (Å²) in [6.45, 7) is 0. The maximum Gasteiger partial charge on any atom is 0.434 e. The van der Waals surface area contributed by atoms with Gasteiger partial charge in [0.05, 0.1) is 16.2 Å². The van der Waals surface area contributed by atoms with Crippen molar-refractivity contribution in [3.63, 3.8) is 0 Å². The quantitative estimate of drug-likeness (QED) is 0.647. The van der Waals surface area contributed by atoms with E-state index in [1.54, 1.807) is 0 Å². The summed E-state index contributed by atoms with van der Waals surface area (Å²) in [5, 5.41) is 0.976. The van der Waals surface area contributed by atoms with Crippen molar-refractivity contribution in [2.75, 3.05) is 4.72 Å².